The number of hydrogen-bond acceptors (Lipinski definition) is 6. The second-order valence-electron chi connectivity index (χ2n) is 5.99. The number of carbonyl (C=O) groups is 2. The second kappa shape index (κ2) is 6.97. The van der Waals surface area contributed by atoms with Crippen LogP contribution in [0.15, 0.2) is 0 Å². The van der Waals surface area contributed by atoms with Crippen LogP contribution in [0.3, 0.4) is 0 Å². The van der Waals surface area contributed by atoms with Gasteiger partial charge in [0.05, 0.1) is 24.9 Å². The van der Waals surface area contributed by atoms with Gasteiger partial charge in [-0.1, -0.05) is 11.3 Å². The molecule has 0 bridgehead atoms. The summed E-state index contributed by atoms with van der Waals surface area (Å²) in [7, 11) is 0. The zero-order valence-electron chi connectivity index (χ0n) is 13.5. The molecule has 7 heteroatoms. The molecular formula is C16H22N2O4S. The zero-order chi connectivity index (χ0) is 16.4. The van der Waals surface area contributed by atoms with E-state index in [4.69, 9.17) is 9.47 Å². The number of anilines is 1. The largest absolute Gasteiger partial charge is 0.462 e. The Morgan fingerprint density at radius 1 is 1.39 bits per heavy atom. The van der Waals surface area contributed by atoms with Crippen molar-refractivity contribution in [3.63, 3.8) is 0 Å². The molecule has 3 rings (SSSR count). The lowest BCUT2D eigenvalue weighted by Crippen LogP contribution is -2.38. The zero-order valence-corrected chi connectivity index (χ0v) is 14.4. The molecule has 0 unspecified atom stereocenters. The molecule has 1 atom stereocenters. The van der Waals surface area contributed by atoms with Crippen molar-refractivity contribution in [1.29, 1.82) is 0 Å². The number of aryl methyl sites for hydroxylation is 1. The first-order valence-electron chi connectivity index (χ1n) is 8.17. The maximum Gasteiger partial charge on any atom is 0.350 e. The van der Waals surface area contributed by atoms with Crippen LogP contribution in [0.2, 0.25) is 0 Å². The lowest BCUT2D eigenvalue weighted by Gasteiger charge is -2.23. The molecule has 1 aliphatic heterocycles. The van der Waals surface area contributed by atoms with Gasteiger partial charge in [-0.2, -0.15) is 0 Å². The number of amides is 1. The topological polar surface area (TPSA) is 68.7 Å². The molecule has 2 aliphatic rings. The summed E-state index contributed by atoms with van der Waals surface area (Å²) in [4.78, 5) is 31.3. The Hall–Kier alpha value is -1.47. The number of thiazole rings is 1. The highest BCUT2D eigenvalue weighted by Gasteiger charge is 2.37. The first kappa shape index (κ1) is 16.4. The van der Waals surface area contributed by atoms with Gasteiger partial charge in [0.25, 0.3) is 0 Å². The van der Waals surface area contributed by atoms with E-state index in [1.165, 1.54) is 11.3 Å². The fraction of sp³-hybridized carbons (Fsp3) is 0.688. The molecule has 0 aromatic carbocycles. The minimum absolute atomic E-state index is 0.0629. The van der Waals surface area contributed by atoms with Crippen molar-refractivity contribution >= 4 is 28.3 Å². The van der Waals surface area contributed by atoms with Crippen LogP contribution in [0.1, 0.15) is 48.0 Å². The fourth-order valence-corrected chi connectivity index (χ4v) is 3.66. The Morgan fingerprint density at radius 2 is 2.17 bits per heavy atom. The standard InChI is InChI=1S/C16H22N2O4S/c1-3-21-15(20)13-10(2)17-16(23-13)18(14(19)11-6-7-11)9-12-5-4-8-22-12/h11-12H,3-9H2,1-2H3/t12-/m0/s1. The number of rotatable bonds is 6. The van der Waals surface area contributed by atoms with Crippen molar-refractivity contribution in [2.75, 3.05) is 24.7 Å². The quantitative estimate of drug-likeness (QED) is 0.746. The number of carbonyl (C=O) groups excluding carboxylic acids is 2. The van der Waals surface area contributed by atoms with E-state index in [2.05, 4.69) is 4.98 Å². The Labute approximate surface area is 139 Å². The van der Waals surface area contributed by atoms with E-state index in [1.54, 1.807) is 18.7 Å². The van der Waals surface area contributed by atoms with Gasteiger partial charge in [-0.15, -0.1) is 0 Å². The van der Waals surface area contributed by atoms with Crippen LogP contribution in [0.5, 0.6) is 0 Å². The van der Waals surface area contributed by atoms with Gasteiger partial charge in [0, 0.05) is 12.5 Å². The van der Waals surface area contributed by atoms with Crippen LogP contribution < -0.4 is 4.90 Å². The van der Waals surface area contributed by atoms with E-state index in [0.717, 1.165) is 32.3 Å². The highest BCUT2D eigenvalue weighted by Crippen LogP contribution is 2.35. The SMILES string of the molecule is CCOC(=O)c1sc(N(C[C@@H]2CCCO2)C(=O)C2CC2)nc1C. The first-order chi connectivity index (χ1) is 11.1. The Morgan fingerprint density at radius 3 is 2.78 bits per heavy atom. The van der Waals surface area contributed by atoms with Gasteiger partial charge in [-0.25, -0.2) is 9.78 Å². The molecule has 6 nitrogen and oxygen atoms in total. The molecule has 1 saturated heterocycles. The third-order valence-corrected chi connectivity index (χ3v) is 5.24. The molecule has 1 aromatic heterocycles. The maximum atomic E-state index is 12.6. The molecule has 2 fully saturated rings. The van der Waals surface area contributed by atoms with Gasteiger partial charge >= 0.3 is 5.97 Å². The highest BCUT2D eigenvalue weighted by molar-refractivity contribution is 7.17. The minimum Gasteiger partial charge on any atom is -0.462 e. The molecule has 1 saturated carbocycles. The molecule has 0 N–H and O–H groups in total. The van der Waals surface area contributed by atoms with Crippen molar-refractivity contribution in [3.05, 3.63) is 10.6 Å². The van der Waals surface area contributed by atoms with Gasteiger partial charge in [-0.3, -0.25) is 9.69 Å². The number of nitrogens with zero attached hydrogens (tertiary/aromatic N) is 2. The van der Waals surface area contributed by atoms with E-state index in [9.17, 15) is 9.59 Å². The summed E-state index contributed by atoms with van der Waals surface area (Å²) in [6.45, 7) is 5.14. The summed E-state index contributed by atoms with van der Waals surface area (Å²) in [5.74, 6) is -0.166. The summed E-state index contributed by atoms with van der Waals surface area (Å²) in [5, 5.41) is 0.581. The molecule has 126 valence electrons. The third kappa shape index (κ3) is 3.72. The van der Waals surface area contributed by atoms with Crippen molar-refractivity contribution < 1.29 is 19.1 Å². The van der Waals surface area contributed by atoms with E-state index in [-0.39, 0.29) is 23.9 Å². The lowest BCUT2D eigenvalue weighted by molar-refractivity contribution is -0.120. The van der Waals surface area contributed by atoms with Crippen LogP contribution >= 0.6 is 11.3 Å². The van der Waals surface area contributed by atoms with E-state index in [0.29, 0.717) is 28.9 Å². The van der Waals surface area contributed by atoms with Gasteiger partial charge in [-0.05, 0) is 39.5 Å². The van der Waals surface area contributed by atoms with Gasteiger partial charge in [0.1, 0.15) is 4.88 Å². The van der Waals surface area contributed by atoms with Crippen molar-refractivity contribution in [1.82, 2.24) is 4.98 Å². The fourth-order valence-electron chi connectivity index (χ4n) is 2.69. The van der Waals surface area contributed by atoms with Crippen molar-refractivity contribution in [2.45, 2.75) is 45.6 Å². The molecule has 2 heterocycles. The van der Waals surface area contributed by atoms with Gasteiger partial charge < -0.3 is 9.47 Å². The highest BCUT2D eigenvalue weighted by atomic mass is 32.1. The molecular weight excluding hydrogens is 316 g/mol. The number of aromatic nitrogens is 1. The summed E-state index contributed by atoms with van der Waals surface area (Å²) in [6, 6.07) is 0. The smallest absolute Gasteiger partial charge is 0.350 e. The lowest BCUT2D eigenvalue weighted by atomic mass is 10.2. The molecule has 1 aliphatic carbocycles. The van der Waals surface area contributed by atoms with Crippen molar-refractivity contribution in [2.24, 2.45) is 5.92 Å². The van der Waals surface area contributed by atoms with Crippen LogP contribution in [-0.2, 0) is 14.3 Å². The third-order valence-electron chi connectivity index (χ3n) is 4.08. The van der Waals surface area contributed by atoms with E-state index < -0.39 is 0 Å². The van der Waals surface area contributed by atoms with Gasteiger partial charge in [0.2, 0.25) is 5.91 Å². The molecule has 0 spiro atoms. The number of esters is 1. The van der Waals surface area contributed by atoms with Crippen LogP contribution in [0.25, 0.3) is 0 Å². The van der Waals surface area contributed by atoms with E-state index >= 15 is 0 Å². The minimum atomic E-state index is -0.371. The van der Waals surface area contributed by atoms with Crippen LogP contribution in [-0.4, -0.2) is 42.7 Å². The first-order valence-corrected chi connectivity index (χ1v) is 8.99. The van der Waals surface area contributed by atoms with Crippen LogP contribution in [0.4, 0.5) is 5.13 Å². The Bertz CT molecular complexity index is 591. The summed E-state index contributed by atoms with van der Waals surface area (Å²) < 4.78 is 10.7. The predicted octanol–water partition coefficient (Wildman–Crippen LogP) is 2.55. The van der Waals surface area contributed by atoms with Gasteiger partial charge in [0.15, 0.2) is 5.13 Å². The Balaban J connectivity index is 1.81. The molecule has 23 heavy (non-hydrogen) atoms. The molecule has 1 amide bonds. The average Bonchev–Trinajstić information content (AvgIpc) is 3.11. The number of ether oxygens (including phenoxy) is 2. The summed E-state index contributed by atoms with van der Waals surface area (Å²) in [6.07, 6.45) is 3.93. The maximum absolute atomic E-state index is 12.6. The summed E-state index contributed by atoms with van der Waals surface area (Å²) >= 11 is 1.24. The number of hydrogen-bond donors (Lipinski definition) is 0. The summed E-state index contributed by atoms with van der Waals surface area (Å²) in [5.41, 5.74) is 0.615. The van der Waals surface area contributed by atoms with Crippen LogP contribution in [0, 0.1) is 12.8 Å². The van der Waals surface area contributed by atoms with Crippen molar-refractivity contribution in [3.8, 4) is 0 Å². The monoisotopic (exact) mass is 338 g/mol. The predicted molar refractivity (Wildman–Crippen MR) is 86.9 cm³/mol. The average molecular weight is 338 g/mol. The second-order valence-corrected chi connectivity index (χ2v) is 6.97. The Kier molecular flexibility index (Phi) is 4.96. The molecule has 1 aromatic rings. The van der Waals surface area contributed by atoms with E-state index in [1.807, 2.05) is 0 Å². The molecule has 0 radical (unpaired) electrons. The normalized spacial score (nSPS) is 20.5.